The van der Waals surface area contributed by atoms with Crippen molar-refractivity contribution in [3.63, 3.8) is 0 Å². The summed E-state index contributed by atoms with van der Waals surface area (Å²) in [5, 5.41) is 9.39. The number of benzene rings is 3. The van der Waals surface area contributed by atoms with E-state index in [0.717, 1.165) is 33.5 Å². The maximum Gasteiger partial charge on any atom is 0.123 e. The van der Waals surface area contributed by atoms with E-state index in [-0.39, 0.29) is 11.5 Å². The quantitative estimate of drug-likeness (QED) is 0.472. The number of allylic oxidation sites excluding steroid dienone is 1. The first kappa shape index (κ1) is 19.3. The van der Waals surface area contributed by atoms with Gasteiger partial charge in [0, 0.05) is 28.3 Å². The molecule has 3 aromatic carbocycles. The first-order valence-electron chi connectivity index (χ1n) is 9.27. The summed E-state index contributed by atoms with van der Waals surface area (Å²) in [5.74, 6) is 0.413. The monoisotopic (exact) mass is 398 g/mol. The molecule has 0 fully saturated rings. The lowest BCUT2D eigenvalue weighted by molar-refractivity contribution is 0.415. The highest BCUT2D eigenvalue weighted by atomic mass is 19.1. The molecule has 0 aliphatic rings. The topological polar surface area (TPSA) is 84.9 Å². The van der Waals surface area contributed by atoms with Gasteiger partial charge in [0.05, 0.1) is 24.0 Å². The molecule has 0 spiro atoms. The van der Waals surface area contributed by atoms with Gasteiger partial charge in [0.15, 0.2) is 0 Å². The Bertz CT molecular complexity index is 1250. The van der Waals surface area contributed by atoms with Gasteiger partial charge in [-0.05, 0) is 66.2 Å². The molecule has 1 aromatic heterocycles. The van der Waals surface area contributed by atoms with E-state index in [2.05, 4.69) is 9.97 Å². The lowest BCUT2D eigenvalue weighted by atomic mass is 9.94. The third-order valence-corrected chi connectivity index (χ3v) is 4.88. The van der Waals surface area contributed by atoms with Crippen molar-refractivity contribution in [1.29, 1.82) is 5.41 Å². The van der Waals surface area contributed by atoms with Crippen LogP contribution in [-0.4, -0.2) is 22.8 Å². The van der Waals surface area contributed by atoms with Gasteiger partial charge in [-0.25, -0.2) is 14.4 Å². The second-order valence-electron chi connectivity index (χ2n) is 6.64. The van der Waals surface area contributed by atoms with Crippen molar-refractivity contribution in [1.82, 2.24) is 9.97 Å². The number of ether oxygens (including phenoxy) is 1. The van der Waals surface area contributed by atoms with Crippen LogP contribution in [0.25, 0.3) is 27.7 Å². The third kappa shape index (κ3) is 3.63. The first-order valence-corrected chi connectivity index (χ1v) is 9.27. The first-order chi connectivity index (χ1) is 14.6. The Morgan fingerprint density at radius 3 is 2.33 bits per heavy atom. The minimum atomic E-state index is -0.350. The molecule has 1 heterocycles. The summed E-state index contributed by atoms with van der Waals surface area (Å²) in [7, 11) is 1.62. The number of methoxy groups -OCH3 is 1. The highest BCUT2D eigenvalue weighted by Crippen LogP contribution is 2.30. The third-order valence-electron chi connectivity index (χ3n) is 4.88. The summed E-state index contributed by atoms with van der Waals surface area (Å²) in [5.41, 5.74) is 10.4. The number of rotatable bonds is 5. The Morgan fingerprint density at radius 2 is 1.67 bits per heavy atom. The maximum absolute atomic E-state index is 13.3. The molecule has 0 radical (unpaired) electrons. The Balaban J connectivity index is 1.79. The Kier molecular flexibility index (Phi) is 5.22. The normalized spacial score (nSPS) is 11.5. The lowest BCUT2D eigenvalue weighted by Gasteiger charge is -2.12. The van der Waals surface area contributed by atoms with Gasteiger partial charge in [-0.1, -0.05) is 6.07 Å². The van der Waals surface area contributed by atoms with Crippen molar-refractivity contribution < 1.29 is 9.13 Å². The molecule has 4 aromatic rings. The molecule has 0 atom stereocenters. The summed E-state index contributed by atoms with van der Waals surface area (Å²) >= 11 is 0. The number of nitrogens with one attached hydrogen (secondary N) is 1. The van der Waals surface area contributed by atoms with E-state index in [1.54, 1.807) is 19.2 Å². The van der Waals surface area contributed by atoms with Crippen LogP contribution in [0.2, 0.25) is 0 Å². The van der Waals surface area contributed by atoms with Crippen molar-refractivity contribution in [3.05, 3.63) is 96.2 Å². The molecule has 30 heavy (non-hydrogen) atoms. The standard InChI is InChI=1S/C24H19FN4O/c1-30-19-9-4-16(5-10-19)24-20-12-17(6-11-22(20)28-14-29-24)21(13-26)23(27)15-2-7-18(25)8-3-15/h2-14,27H,26H2,1H3/b21-13-,27-23?. The molecular formula is C24H19FN4O. The van der Waals surface area contributed by atoms with Gasteiger partial charge in [-0.15, -0.1) is 0 Å². The fraction of sp³-hybridized carbons (Fsp3) is 0.0417. The van der Waals surface area contributed by atoms with E-state index >= 15 is 0 Å². The zero-order valence-electron chi connectivity index (χ0n) is 16.3. The van der Waals surface area contributed by atoms with Crippen molar-refractivity contribution in [3.8, 4) is 17.0 Å². The van der Waals surface area contributed by atoms with E-state index in [1.165, 1.54) is 24.7 Å². The number of fused-ring (bicyclic) bond motifs is 1. The fourth-order valence-corrected chi connectivity index (χ4v) is 3.30. The number of halogens is 1. The Labute approximate surface area is 173 Å². The summed E-state index contributed by atoms with van der Waals surface area (Å²) in [6.45, 7) is 0. The number of hydrogen-bond donors (Lipinski definition) is 2. The molecule has 0 saturated carbocycles. The molecule has 4 rings (SSSR count). The smallest absolute Gasteiger partial charge is 0.123 e. The van der Waals surface area contributed by atoms with E-state index < -0.39 is 0 Å². The molecule has 0 aliphatic heterocycles. The highest BCUT2D eigenvalue weighted by Gasteiger charge is 2.14. The van der Waals surface area contributed by atoms with E-state index in [0.29, 0.717) is 11.1 Å². The van der Waals surface area contributed by atoms with Crippen LogP contribution in [0, 0.1) is 11.2 Å². The molecular weight excluding hydrogens is 379 g/mol. The molecule has 0 saturated heterocycles. The van der Waals surface area contributed by atoms with Gasteiger partial charge in [0.25, 0.3) is 0 Å². The lowest BCUT2D eigenvalue weighted by Crippen LogP contribution is -2.05. The van der Waals surface area contributed by atoms with Gasteiger partial charge in [-0.3, -0.25) is 5.41 Å². The van der Waals surface area contributed by atoms with Crippen LogP contribution in [0.15, 0.2) is 79.3 Å². The molecule has 6 heteroatoms. The number of aromatic nitrogens is 2. The molecule has 3 N–H and O–H groups in total. The number of nitrogens with zero attached hydrogens (tertiary/aromatic N) is 2. The summed E-state index contributed by atoms with van der Waals surface area (Å²) in [4.78, 5) is 8.83. The second kappa shape index (κ2) is 8.13. The number of nitrogens with two attached hydrogens (primary N) is 1. The predicted octanol–water partition coefficient (Wildman–Crippen LogP) is 4.81. The SMILES string of the molecule is COc1ccc(-c2ncnc3ccc(/C(=C/N)C(=N)c4ccc(F)cc4)cc23)cc1. The van der Waals surface area contributed by atoms with Crippen LogP contribution in [0.1, 0.15) is 11.1 Å². The van der Waals surface area contributed by atoms with Crippen molar-refractivity contribution in [2.45, 2.75) is 0 Å². The Hall–Kier alpha value is -4.06. The minimum absolute atomic E-state index is 0.208. The average molecular weight is 398 g/mol. The van der Waals surface area contributed by atoms with Crippen LogP contribution in [-0.2, 0) is 0 Å². The van der Waals surface area contributed by atoms with Crippen LogP contribution >= 0.6 is 0 Å². The van der Waals surface area contributed by atoms with Gasteiger partial charge in [-0.2, -0.15) is 0 Å². The zero-order valence-corrected chi connectivity index (χ0v) is 16.3. The molecule has 0 bridgehead atoms. The van der Waals surface area contributed by atoms with Crippen LogP contribution < -0.4 is 10.5 Å². The van der Waals surface area contributed by atoms with Gasteiger partial charge in [0.1, 0.15) is 17.9 Å². The van der Waals surface area contributed by atoms with Crippen LogP contribution in [0.3, 0.4) is 0 Å². The average Bonchev–Trinajstić information content (AvgIpc) is 2.79. The predicted molar refractivity (Wildman–Crippen MR) is 117 cm³/mol. The highest BCUT2D eigenvalue weighted by molar-refractivity contribution is 6.30. The molecule has 5 nitrogen and oxygen atoms in total. The van der Waals surface area contributed by atoms with Gasteiger partial charge in [0.2, 0.25) is 0 Å². The minimum Gasteiger partial charge on any atom is -0.497 e. The fourth-order valence-electron chi connectivity index (χ4n) is 3.30. The Morgan fingerprint density at radius 1 is 0.967 bits per heavy atom. The summed E-state index contributed by atoms with van der Waals surface area (Å²) in [6, 6.07) is 19.1. The van der Waals surface area contributed by atoms with Crippen molar-refractivity contribution in [2.75, 3.05) is 7.11 Å². The summed E-state index contributed by atoms with van der Waals surface area (Å²) < 4.78 is 18.5. The molecule has 0 amide bonds. The largest absolute Gasteiger partial charge is 0.497 e. The van der Waals surface area contributed by atoms with Gasteiger partial charge >= 0.3 is 0 Å². The molecule has 148 valence electrons. The van der Waals surface area contributed by atoms with E-state index in [9.17, 15) is 4.39 Å². The zero-order chi connectivity index (χ0) is 21.1. The second-order valence-corrected chi connectivity index (χ2v) is 6.64. The number of hydrogen-bond acceptors (Lipinski definition) is 5. The van der Waals surface area contributed by atoms with E-state index in [1.807, 2.05) is 42.5 Å². The summed E-state index contributed by atoms with van der Waals surface area (Å²) in [6.07, 6.45) is 2.92. The maximum atomic E-state index is 13.3. The van der Waals surface area contributed by atoms with Crippen molar-refractivity contribution >= 4 is 22.2 Å². The van der Waals surface area contributed by atoms with Gasteiger partial charge < -0.3 is 10.5 Å². The van der Waals surface area contributed by atoms with E-state index in [4.69, 9.17) is 15.9 Å². The van der Waals surface area contributed by atoms with Crippen LogP contribution in [0.5, 0.6) is 5.75 Å². The van der Waals surface area contributed by atoms with Crippen LogP contribution in [0.4, 0.5) is 4.39 Å². The molecule has 0 unspecified atom stereocenters. The van der Waals surface area contributed by atoms with Crippen molar-refractivity contribution in [2.24, 2.45) is 5.73 Å². The molecule has 0 aliphatic carbocycles.